The average Bonchev–Trinajstić information content (AvgIpc) is 2.05. The lowest BCUT2D eigenvalue weighted by atomic mass is 10.1. The fraction of sp³-hybridized carbons (Fsp3) is 0.556. The van der Waals surface area contributed by atoms with Gasteiger partial charge in [-0.25, -0.2) is 9.97 Å². The number of aliphatic hydroxyl groups is 1. The molecule has 12 heavy (non-hydrogen) atoms. The van der Waals surface area contributed by atoms with Gasteiger partial charge in [0.2, 0.25) is 0 Å². The molecule has 1 heterocycles. The second kappa shape index (κ2) is 4.16. The van der Waals surface area contributed by atoms with Crippen molar-refractivity contribution in [2.24, 2.45) is 0 Å². The third-order valence-corrected chi connectivity index (χ3v) is 1.70. The lowest BCUT2D eigenvalue weighted by molar-refractivity contribution is 0.161. The van der Waals surface area contributed by atoms with Gasteiger partial charge in [-0.05, 0) is 19.4 Å². The standard InChI is InChI=1S/C9H14N2O/c1-3-4-9(12)8-5-6-10-7(2)11-8/h5-6,9,12H,3-4H2,1-2H3. The summed E-state index contributed by atoms with van der Waals surface area (Å²) in [5.74, 6) is 0.711. The summed E-state index contributed by atoms with van der Waals surface area (Å²) in [4.78, 5) is 8.09. The molecule has 0 bridgehead atoms. The van der Waals surface area contributed by atoms with Crippen molar-refractivity contribution < 1.29 is 5.11 Å². The van der Waals surface area contributed by atoms with Crippen molar-refractivity contribution >= 4 is 0 Å². The van der Waals surface area contributed by atoms with Crippen molar-refractivity contribution in [2.75, 3.05) is 0 Å². The minimum absolute atomic E-state index is 0.434. The van der Waals surface area contributed by atoms with Gasteiger partial charge in [-0.2, -0.15) is 0 Å². The van der Waals surface area contributed by atoms with Crippen LogP contribution in [-0.2, 0) is 0 Å². The van der Waals surface area contributed by atoms with Crippen molar-refractivity contribution in [3.8, 4) is 0 Å². The number of aryl methyl sites for hydroxylation is 1. The molecule has 0 aromatic carbocycles. The molecule has 1 atom stereocenters. The molecular formula is C9H14N2O. The Labute approximate surface area is 72.5 Å². The molecule has 1 rings (SSSR count). The highest BCUT2D eigenvalue weighted by Gasteiger charge is 2.06. The summed E-state index contributed by atoms with van der Waals surface area (Å²) < 4.78 is 0. The van der Waals surface area contributed by atoms with Gasteiger partial charge in [-0.3, -0.25) is 0 Å². The van der Waals surface area contributed by atoms with Gasteiger partial charge >= 0.3 is 0 Å². The molecule has 0 fully saturated rings. The van der Waals surface area contributed by atoms with Crippen LogP contribution in [0.15, 0.2) is 12.3 Å². The minimum atomic E-state index is -0.434. The third-order valence-electron chi connectivity index (χ3n) is 1.70. The highest BCUT2D eigenvalue weighted by atomic mass is 16.3. The maximum absolute atomic E-state index is 9.55. The van der Waals surface area contributed by atoms with Crippen molar-refractivity contribution in [2.45, 2.75) is 32.8 Å². The molecule has 0 spiro atoms. The van der Waals surface area contributed by atoms with Crippen LogP contribution in [-0.4, -0.2) is 15.1 Å². The van der Waals surface area contributed by atoms with Gasteiger partial charge in [-0.15, -0.1) is 0 Å². The van der Waals surface area contributed by atoms with Crippen molar-refractivity contribution in [1.29, 1.82) is 0 Å². The number of aliphatic hydroxyl groups excluding tert-OH is 1. The zero-order chi connectivity index (χ0) is 8.97. The molecule has 0 aliphatic rings. The van der Waals surface area contributed by atoms with E-state index in [0.29, 0.717) is 5.82 Å². The summed E-state index contributed by atoms with van der Waals surface area (Å²) in [6.45, 7) is 3.86. The third kappa shape index (κ3) is 2.27. The fourth-order valence-electron chi connectivity index (χ4n) is 1.08. The zero-order valence-corrected chi connectivity index (χ0v) is 7.49. The number of hydrogen-bond donors (Lipinski definition) is 1. The SMILES string of the molecule is CCCC(O)c1ccnc(C)n1. The summed E-state index contributed by atoms with van der Waals surface area (Å²) in [7, 11) is 0. The number of nitrogens with zero attached hydrogens (tertiary/aromatic N) is 2. The number of hydrogen-bond acceptors (Lipinski definition) is 3. The first-order chi connectivity index (χ1) is 5.74. The van der Waals surface area contributed by atoms with Gasteiger partial charge in [0.05, 0.1) is 11.8 Å². The molecule has 66 valence electrons. The Morgan fingerprint density at radius 3 is 2.92 bits per heavy atom. The van der Waals surface area contributed by atoms with E-state index >= 15 is 0 Å². The molecule has 1 aromatic heterocycles. The molecule has 0 saturated carbocycles. The van der Waals surface area contributed by atoms with Crippen molar-refractivity contribution in [1.82, 2.24) is 9.97 Å². The number of aromatic nitrogens is 2. The van der Waals surface area contributed by atoms with Gasteiger partial charge in [-0.1, -0.05) is 13.3 Å². The maximum atomic E-state index is 9.55. The molecular weight excluding hydrogens is 152 g/mol. The smallest absolute Gasteiger partial charge is 0.125 e. The normalized spacial score (nSPS) is 12.9. The van der Waals surface area contributed by atoms with Crippen molar-refractivity contribution in [3.63, 3.8) is 0 Å². The Morgan fingerprint density at radius 1 is 1.58 bits per heavy atom. The van der Waals surface area contributed by atoms with E-state index in [9.17, 15) is 5.11 Å². The second-order valence-electron chi connectivity index (χ2n) is 2.83. The molecule has 3 nitrogen and oxygen atoms in total. The van der Waals surface area contributed by atoms with Crippen LogP contribution in [0, 0.1) is 6.92 Å². The summed E-state index contributed by atoms with van der Waals surface area (Å²) >= 11 is 0. The molecule has 1 unspecified atom stereocenters. The first kappa shape index (κ1) is 9.13. The largest absolute Gasteiger partial charge is 0.387 e. The van der Waals surface area contributed by atoms with Crippen LogP contribution in [0.2, 0.25) is 0 Å². The Hall–Kier alpha value is -0.960. The van der Waals surface area contributed by atoms with Crippen LogP contribution in [0.1, 0.15) is 37.4 Å². The van der Waals surface area contributed by atoms with Crippen LogP contribution in [0.25, 0.3) is 0 Å². The van der Waals surface area contributed by atoms with E-state index in [2.05, 4.69) is 9.97 Å². The quantitative estimate of drug-likeness (QED) is 0.742. The molecule has 1 aromatic rings. The van der Waals surface area contributed by atoms with E-state index < -0.39 is 6.10 Å². The molecule has 0 saturated heterocycles. The van der Waals surface area contributed by atoms with E-state index in [4.69, 9.17) is 0 Å². The lowest BCUT2D eigenvalue weighted by Gasteiger charge is -2.07. The first-order valence-corrected chi connectivity index (χ1v) is 4.21. The van der Waals surface area contributed by atoms with E-state index in [1.807, 2.05) is 13.8 Å². The predicted octanol–water partition coefficient (Wildman–Crippen LogP) is 1.62. The number of rotatable bonds is 3. The molecule has 0 aliphatic carbocycles. The van der Waals surface area contributed by atoms with E-state index in [1.165, 1.54) is 0 Å². The second-order valence-corrected chi connectivity index (χ2v) is 2.83. The Kier molecular flexibility index (Phi) is 3.17. The molecule has 0 radical (unpaired) electrons. The monoisotopic (exact) mass is 166 g/mol. The summed E-state index contributed by atoms with van der Waals surface area (Å²) in [5.41, 5.74) is 0.726. The van der Waals surface area contributed by atoms with E-state index in [1.54, 1.807) is 12.3 Å². The van der Waals surface area contributed by atoms with Gasteiger partial charge in [0.15, 0.2) is 0 Å². The summed E-state index contributed by atoms with van der Waals surface area (Å²) in [5, 5.41) is 9.55. The highest BCUT2D eigenvalue weighted by Crippen LogP contribution is 2.14. The fourth-order valence-corrected chi connectivity index (χ4v) is 1.08. The van der Waals surface area contributed by atoms with Crippen molar-refractivity contribution in [3.05, 3.63) is 23.8 Å². The summed E-state index contributed by atoms with van der Waals surface area (Å²) in [6, 6.07) is 1.76. The van der Waals surface area contributed by atoms with Gasteiger partial charge < -0.3 is 5.11 Å². The van der Waals surface area contributed by atoms with Crippen LogP contribution in [0.3, 0.4) is 0 Å². The summed E-state index contributed by atoms with van der Waals surface area (Å²) in [6.07, 6.45) is 2.97. The Morgan fingerprint density at radius 2 is 2.33 bits per heavy atom. The molecule has 0 amide bonds. The first-order valence-electron chi connectivity index (χ1n) is 4.21. The van der Waals surface area contributed by atoms with Gasteiger partial charge in [0, 0.05) is 6.20 Å². The van der Waals surface area contributed by atoms with E-state index in [-0.39, 0.29) is 0 Å². The Bertz CT molecular complexity index is 250. The lowest BCUT2D eigenvalue weighted by Crippen LogP contribution is -2.01. The van der Waals surface area contributed by atoms with Gasteiger partial charge in [0.1, 0.15) is 5.82 Å². The van der Waals surface area contributed by atoms with Crippen LogP contribution >= 0.6 is 0 Å². The van der Waals surface area contributed by atoms with Crippen LogP contribution in [0.4, 0.5) is 0 Å². The van der Waals surface area contributed by atoms with Crippen LogP contribution in [0.5, 0.6) is 0 Å². The zero-order valence-electron chi connectivity index (χ0n) is 7.49. The Balaban J connectivity index is 2.73. The molecule has 0 aliphatic heterocycles. The topological polar surface area (TPSA) is 46.0 Å². The predicted molar refractivity (Wildman–Crippen MR) is 46.6 cm³/mol. The van der Waals surface area contributed by atoms with E-state index in [0.717, 1.165) is 18.5 Å². The molecule has 3 heteroatoms. The highest BCUT2D eigenvalue weighted by molar-refractivity contribution is 5.04. The van der Waals surface area contributed by atoms with Gasteiger partial charge in [0.25, 0.3) is 0 Å². The maximum Gasteiger partial charge on any atom is 0.125 e. The average molecular weight is 166 g/mol. The minimum Gasteiger partial charge on any atom is -0.387 e. The van der Waals surface area contributed by atoms with Crippen LogP contribution < -0.4 is 0 Å². The molecule has 1 N–H and O–H groups in total.